The number of nitrogen functional groups attached to an aromatic ring is 1. The van der Waals surface area contributed by atoms with Gasteiger partial charge in [-0.1, -0.05) is 13.8 Å². The van der Waals surface area contributed by atoms with Crippen molar-refractivity contribution < 1.29 is 4.74 Å². The highest BCUT2D eigenvalue weighted by Gasteiger charge is 2.15. The summed E-state index contributed by atoms with van der Waals surface area (Å²) >= 11 is 1.66. The van der Waals surface area contributed by atoms with E-state index >= 15 is 0 Å². The van der Waals surface area contributed by atoms with Gasteiger partial charge in [-0.05, 0) is 12.1 Å². The van der Waals surface area contributed by atoms with Gasteiger partial charge in [0.1, 0.15) is 5.82 Å². The molecule has 0 atom stereocenters. The molecule has 0 amide bonds. The third-order valence-electron chi connectivity index (χ3n) is 3.89. The van der Waals surface area contributed by atoms with Crippen LogP contribution in [0.2, 0.25) is 0 Å². The second-order valence-electron chi connectivity index (χ2n) is 5.33. The molecular formula is C17H23N5OS. The Bertz CT molecular complexity index is 791. The standard InChI is InChI=1S/C15H17N5OS.C2H6/c16-14-12(2-1-3-17-14)13-9-20-11(10-22-15(20)18-13)8-19-4-6-21-7-5-19;1-2/h1-3,9-10H,4-8H2,(H2,16,17);1-2H3. The molecule has 128 valence electrons. The van der Waals surface area contributed by atoms with Crippen molar-refractivity contribution >= 4 is 22.1 Å². The van der Waals surface area contributed by atoms with E-state index in [4.69, 9.17) is 10.5 Å². The SMILES string of the molecule is CC.Nc1ncccc1-c1cn2c(CN3CCOCC3)csc2n1. The van der Waals surface area contributed by atoms with Gasteiger partial charge in [0.25, 0.3) is 0 Å². The van der Waals surface area contributed by atoms with E-state index in [1.807, 2.05) is 26.0 Å². The summed E-state index contributed by atoms with van der Waals surface area (Å²) in [5.41, 5.74) is 8.96. The van der Waals surface area contributed by atoms with Crippen LogP contribution in [0.4, 0.5) is 5.82 Å². The van der Waals surface area contributed by atoms with Gasteiger partial charge in [-0.3, -0.25) is 9.30 Å². The number of nitrogens with two attached hydrogens (primary N) is 1. The van der Waals surface area contributed by atoms with E-state index in [1.54, 1.807) is 17.5 Å². The normalized spacial score (nSPS) is 15.2. The van der Waals surface area contributed by atoms with Crippen molar-refractivity contribution in [3.8, 4) is 11.3 Å². The van der Waals surface area contributed by atoms with Gasteiger partial charge in [0, 0.05) is 48.7 Å². The van der Waals surface area contributed by atoms with Crippen molar-refractivity contribution in [3.05, 3.63) is 35.6 Å². The summed E-state index contributed by atoms with van der Waals surface area (Å²) < 4.78 is 7.56. The molecule has 3 aromatic heterocycles. The van der Waals surface area contributed by atoms with Crippen molar-refractivity contribution in [1.29, 1.82) is 0 Å². The van der Waals surface area contributed by atoms with Crippen LogP contribution in [0.15, 0.2) is 29.9 Å². The smallest absolute Gasteiger partial charge is 0.194 e. The Morgan fingerprint density at radius 1 is 1.29 bits per heavy atom. The number of anilines is 1. The molecule has 1 saturated heterocycles. The molecule has 1 fully saturated rings. The number of morpholine rings is 1. The molecule has 0 saturated carbocycles. The maximum Gasteiger partial charge on any atom is 0.194 e. The summed E-state index contributed by atoms with van der Waals surface area (Å²) in [6.07, 6.45) is 3.75. The van der Waals surface area contributed by atoms with Gasteiger partial charge < -0.3 is 10.5 Å². The third-order valence-corrected chi connectivity index (χ3v) is 4.78. The van der Waals surface area contributed by atoms with Crippen LogP contribution >= 0.6 is 11.3 Å². The van der Waals surface area contributed by atoms with Crippen molar-refractivity contribution in [2.45, 2.75) is 20.4 Å². The van der Waals surface area contributed by atoms with Crippen LogP contribution in [0.25, 0.3) is 16.2 Å². The van der Waals surface area contributed by atoms with Crippen molar-refractivity contribution in [2.75, 3.05) is 32.0 Å². The Morgan fingerprint density at radius 3 is 2.83 bits per heavy atom. The zero-order valence-electron chi connectivity index (χ0n) is 14.1. The minimum Gasteiger partial charge on any atom is -0.383 e. The molecule has 3 aromatic rings. The van der Waals surface area contributed by atoms with Gasteiger partial charge in [-0.2, -0.15) is 0 Å². The molecule has 4 rings (SSSR count). The molecular weight excluding hydrogens is 322 g/mol. The quantitative estimate of drug-likeness (QED) is 0.790. The van der Waals surface area contributed by atoms with E-state index in [1.165, 1.54) is 5.69 Å². The van der Waals surface area contributed by atoms with Gasteiger partial charge in [-0.25, -0.2) is 9.97 Å². The highest BCUT2D eigenvalue weighted by Crippen LogP contribution is 2.26. The zero-order valence-corrected chi connectivity index (χ0v) is 14.9. The van der Waals surface area contributed by atoms with Gasteiger partial charge in [0.2, 0.25) is 0 Å². The van der Waals surface area contributed by atoms with Gasteiger partial charge in [0.15, 0.2) is 4.96 Å². The van der Waals surface area contributed by atoms with Gasteiger partial charge in [0.05, 0.1) is 18.9 Å². The maximum atomic E-state index is 5.95. The number of aromatic nitrogens is 3. The first-order valence-electron chi connectivity index (χ1n) is 8.28. The topological polar surface area (TPSA) is 68.7 Å². The second kappa shape index (κ2) is 7.74. The monoisotopic (exact) mass is 345 g/mol. The van der Waals surface area contributed by atoms with Crippen LogP contribution in [0.1, 0.15) is 19.5 Å². The molecule has 1 aliphatic rings. The molecule has 0 aliphatic carbocycles. The van der Waals surface area contributed by atoms with Crippen molar-refractivity contribution in [3.63, 3.8) is 0 Å². The summed E-state index contributed by atoms with van der Waals surface area (Å²) in [6, 6.07) is 3.84. The predicted octanol–water partition coefficient (Wildman–Crippen LogP) is 2.90. The number of hydrogen-bond donors (Lipinski definition) is 1. The Kier molecular flexibility index (Phi) is 5.44. The van der Waals surface area contributed by atoms with Crippen molar-refractivity contribution in [2.24, 2.45) is 0 Å². The van der Waals surface area contributed by atoms with Gasteiger partial charge in [-0.15, -0.1) is 11.3 Å². The van der Waals surface area contributed by atoms with E-state index < -0.39 is 0 Å². The molecule has 7 heteroatoms. The lowest BCUT2D eigenvalue weighted by Crippen LogP contribution is -2.35. The number of imidazole rings is 1. The Balaban J connectivity index is 0.000000815. The third kappa shape index (κ3) is 3.43. The lowest BCUT2D eigenvalue weighted by Gasteiger charge is -2.26. The fourth-order valence-corrected chi connectivity index (χ4v) is 3.56. The van der Waals surface area contributed by atoms with Crippen LogP contribution < -0.4 is 5.73 Å². The molecule has 0 spiro atoms. The summed E-state index contributed by atoms with van der Waals surface area (Å²) in [4.78, 5) is 12.2. The highest BCUT2D eigenvalue weighted by molar-refractivity contribution is 7.15. The first-order chi connectivity index (χ1) is 11.8. The Labute approximate surface area is 145 Å². The van der Waals surface area contributed by atoms with E-state index in [0.29, 0.717) is 5.82 Å². The number of fused-ring (bicyclic) bond motifs is 1. The average Bonchev–Trinajstić information content (AvgIpc) is 3.20. The molecule has 1 aliphatic heterocycles. The summed E-state index contributed by atoms with van der Waals surface area (Å²) in [6.45, 7) is 8.51. The molecule has 0 unspecified atom stereocenters. The Morgan fingerprint density at radius 2 is 2.08 bits per heavy atom. The fourth-order valence-electron chi connectivity index (χ4n) is 2.70. The highest BCUT2D eigenvalue weighted by atomic mass is 32.1. The number of ether oxygens (including phenoxy) is 1. The number of hydrogen-bond acceptors (Lipinski definition) is 6. The largest absolute Gasteiger partial charge is 0.383 e. The molecule has 4 heterocycles. The van der Waals surface area contributed by atoms with Gasteiger partial charge >= 0.3 is 0 Å². The minimum absolute atomic E-state index is 0.517. The van der Waals surface area contributed by atoms with Crippen molar-refractivity contribution in [1.82, 2.24) is 19.3 Å². The second-order valence-corrected chi connectivity index (χ2v) is 6.17. The predicted molar refractivity (Wildman–Crippen MR) is 98.2 cm³/mol. The van der Waals surface area contributed by atoms with Crippen LogP contribution in [-0.2, 0) is 11.3 Å². The number of pyridine rings is 1. The zero-order chi connectivity index (χ0) is 16.9. The Hall–Kier alpha value is -1.96. The van der Waals surface area contributed by atoms with E-state index in [0.717, 1.165) is 49.1 Å². The van der Waals surface area contributed by atoms with E-state index in [9.17, 15) is 0 Å². The molecule has 2 N–H and O–H groups in total. The number of nitrogens with zero attached hydrogens (tertiary/aromatic N) is 4. The average molecular weight is 345 g/mol. The first kappa shape index (κ1) is 16.9. The molecule has 6 nitrogen and oxygen atoms in total. The molecule has 0 aromatic carbocycles. The fraction of sp³-hybridized carbons (Fsp3) is 0.412. The summed E-state index contributed by atoms with van der Waals surface area (Å²) in [5, 5.41) is 2.17. The van der Waals surface area contributed by atoms with Crippen LogP contribution in [0, 0.1) is 0 Å². The number of rotatable bonds is 3. The summed E-state index contributed by atoms with van der Waals surface area (Å²) in [5.74, 6) is 0.517. The first-order valence-corrected chi connectivity index (χ1v) is 9.15. The number of thiazole rings is 1. The summed E-state index contributed by atoms with van der Waals surface area (Å²) in [7, 11) is 0. The lowest BCUT2D eigenvalue weighted by molar-refractivity contribution is 0.0336. The van der Waals surface area contributed by atoms with Crippen LogP contribution in [-0.4, -0.2) is 45.6 Å². The van der Waals surface area contributed by atoms with Crippen LogP contribution in [0.3, 0.4) is 0 Å². The maximum absolute atomic E-state index is 5.95. The van der Waals surface area contributed by atoms with E-state index in [-0.39, 0.29) is 0 Å². The van der Waals surface area contributed by atoms with Crippen LogP contribution in [0.5, 0.6) is 0 Å². The molecule has 24 heavy (non-hydrogen) atoms. The molecule has 0 bridgehead atoms. The lowest BCUT2D eigenvalue weighted by atomic mass is 10.2. The van der Waals surface area contributed by atoms with E-state index in [2.05, 4.69) is 30.8 Å². The molecule has 0 radical (unpaired) electrons. The minimum atomic E-state index is 0.517.